The van der Waals surface area contributed by atoms with Crippen molar-refractivity contribution in [1.82, 2.24) is 20.5 Å². The Morgan fingerprint density at radius 2 is 1.92 bits per heavy atom. The van der Waals surface area contributed by atoms with Crippen molar-refractivity contribution in [2.45, 2.75) is 33.2 Å². The predicted octanol–water partition coefficient (Wildman–Crippen LogP) is 3.16. The first kappa shape index (κ1) is 20.4. The van der Waals surface area contributed by atoms with Gasteiger partial charge in [0, 0.05) is 24.9 Å². The Labute approximate surface area is 161 Å². The Morgan fingerprint density at radius 1 is 1.19 bits per heavy atom. The minimum Gasteiger partial charge on any atom is -0.357 e. The number of benzene rings is 1. The maximum Gasteiger partial charge on any atom is 0.191 e. The minimum absolute atomic E-state index is 0.257. The molecular formula is C20H31N5S. The summed E-state index contributed by atoms with van der Waals surface area (Å²) in [4.78, 5) is 11.5. The molecule has 0 saturated carbocycles. The van der Waals surface area contributed by atoms with Crippen LogP contribution in [0, 0.1) is 13.8 Å². The largest absolute Gasteiger partial charge is 0.357 e. The van der Waals surface area contributed by atoms with Crippen LogP contribution in [0.1, 0.15) is 34.8 Å². The third-order valence-corrected chi connectivity index (χ3v) is 5.01. The average Bonchev–Trinajstić information content (AvgIpc) is 3.01. The highest BCUT2D eigenvalue weighted by Crippen LogP contribution is 2.19. The van der Waals surface area contributed by atoms with Gasteiger partial charge in [0.15, 0.2) is 5.96 Å². The molecule has 2 aromatic rings. The fraction of sp³-hybridized carbons (Fsp3) is 0.500. The Balaban J connectivity index is 1.97. The number of aromatic nitrogens is 1. The lowest BCUT2D eigenvalue weighted by atomic mass is 10.0. The summed E-state index contributed by atoms with van der Waals surface area (Å²) in [6, 6.07) is 8.97. The van der Waals surface area contributed by atoms with Crippen LogP contribution < -0.4 is 10.6 Å². The van der Waals surface area contributed by atoms with Crippen molar-refractivity contribution in [3.63, 3.8) is 0 Å². The quantitative estimate of drug-likeness (QED) is 0.551. The van der Waals surface area contributed by atoms with Gasteiger partial charge >= 0.3 is 0 Å². The molecule has 26 heavy (non-hydrogen) atoms. The highest BCUT2D eigenvalue weighted by molar-refractivity contribution is 7.09. The Bertz CT molecular complexity index is 690. The van der Waals surface area contributed by atoms with Gasteiger partial charge in [-0.25, -0.2) is 4.98 Å². The van der Waals surface area contributed by atoms with Crippen LogP contribution in [0.4, 0.5) is 0 Å². The van der Waals surface area contributed by atoms with E-state index in [9.17, 15) is 0 Å². The smallest absolute Gasteiger partial charge is 0.191 e. The van der Waals surface area contributed by atoms with Crippen molar-refractivity contribution >= 4 is 17.3 Å². The van der Waals surface area contributed by atoms with E-state index in [1.165, 1.54) is 11.1 Å². The number of thiazole rings is 1. The van der Waals surface area contributed by atoms with Crippen LogP contribution in [-0.2, 0) is 6.42 Å². The van der Waals surface area contributed by atoms with Gasteiger partial charge in [-0.15, -0.1) is 11.3 Å². The van der Waals surface area contributed by atoms with Gasteiger partial charge in [-0.05, 0) is 40.4 Å². The summed E-state index contributed by atoms with van der Waals surface area (Å²) in [6.07, 6.45) is 0.907. The molecule has 1 heterocycles. The number of aliphatic imine (C=N–C) groups is 1. The molecule has 0 spiro atoms. The van der Waals surface area contributed by atoms with Gasteiger partial charge in [0.05, 0.1) is 23.3 Å². The summed E-state index contributed by atoms with van der Waals surface area (Å²) >= 11 is 1.70. The molecule has 1 aromatic heterocycles. The van der Waals surface area contributed by atoms with Crippen molar-refractivity contribution in [3.8, 4) is 0 Å². The third-order valence-electron chi connectivity index (χ3n) is 4.19. The lowest BCUT2D eigenvalue weighted by Crippen LogP contribution is -2.39. The maximum absolute atomic E-state index is 4.81. The Kier molecular flexibility index (Phi) is 8.06. The van der Waals surface area contributed by atoms with Crippen LogP contribution >= 0.6 is 11.3 Å². The van der Waals surface area contributed by atoms with Crippen LogP contribution in [0.25, 0.3) is 0 Å². The van der Waals surface area contributed by atoms with Crippen molar-refractivity contribution < 1.29 is 0 Å². The first-order valence-electron chi connectivity index (χ1n) is 9.15. The summed E-state index contributed by atoms with van der Waals surface area (Å²) in [5.74, 6) is 0.860. The fourth-order valence-electron chi connectivity index (χ4n) is 2.71. The van der Waals surface area contributed by atoms with Gasteiger partial charge in [0.25, 0.3) is 0 Å². The molecule has 0 fully saturated rings. The van der Waals surface area contributed by atoms with Gasteiger partial charge in [-0.1, -0.05) is 29.8 Å². The molecule has 5 nitrogen and oxygen atoms in total. The van der Waals surface area contributed by atoms with E-state index in [4.69, 9.17) is 4.99 Å². The van der Waals surface area contributed by atoms with E-state index < -0.39 is 0 Å². The SMILES string of the molecule is CCNC(=NCC(c1ccc(C)cc1)N(C)C)NCCc1csc(C)n1. The molecular weight excluding hydrogens is 342 g/mol. The fourth-order valence-corrected chi connectivity index (χ4v) is 3.35. The zero-order chi connectivity index (χ0) is 18.9. The summed E-state index contributed by atoms with van der Waals surface area (Å²) in [5.41, 5.74) is 3.71. The normalized spacial score (nSPS) is 13.1. The number of aryl methyl sites for hydroxylation is 2. The first-order chi connectivity index (χ1) is 12.5. The Hall–Kier alpha value is -1.92. The molecule has 2 rings (SSSR count). The van der Waals surface area contributed by atoms with Crippen LogP contribution in [0.15, 0.2) is 34.6 Å². The second-order valence-corrected chi connectivity index (χ2v) is 7.71. The van der Waals surface area contributed by atoms with E-state index in [-0.39, 0.29) is 6.04 Å². The lowest BCUT2D eigenvalue weighted by molar-refractivity contribution is 0.306. The molecule has 0 aliphatic heterocycles. The summed E-state index contributed by atoms with van der Waals surface area (Å²) < 4.78 is 0. The molecule has 2 N–H and O–H groups in total. The number of hydrogen-bond donors (Lipinski definition) is 2. The number of guanidine groups is 1. The highest BCUT2D eigenvalue weighted by atomic mass is 32.1. The predicted molar refractivity (Wildman–Crippen MR) is 112 cm³/mol. The van der Waals surface area contributed by atoms with Crippen molar-refractivity contribution in [3.05, 3.63) is 51.5 Å². The van der Waals surface area contributed by atoms with Crippen LogP contribution in [0.5, 0.6) is 0 Å². The number of nitrogens with one attached hydrogen (secondary N) is 2. The second-order valence-electron chi connectivity index (χ2n) is 6.64. The van der Waals surface area contributed by atoms with Gasteiger partial charge in [0.2, 0.25) is 0 Å². The molecule has 142 valence electrons. The van der Waals surface area contributed by atoms with E-state index in [0.717, 1.165) is 36.2 Å². The zero-order valence-electron chi connectivity index (χ0n) is 16.5. The molecule has 0 saturated heterocycles. The van der Waals surface area contributed by atoms with E-state index in [2.05, 4.69) is 78.1 Å². The number of likely N-dealkylation sites (N-methyl/N-ethyl adjacent to an activating group) is 1. The summed E-state index contributed by atoms with van der Waals surface area (Å²) in [7, 11) is 4.20. The molecule has 1 unspecified atom stereocenters. The van der Waals surface area contributed by atoms with Crippen molar-refractivity contribution in [1.29, 1.82) is 0 Å². The molecule has 0 amide bonds. The van der Waals surface area contributed by atoms with Crippen LogP contribution in [0.3, 0.4) is 0 Å². The van der Waals surface area contributed by atoms with Crippen LogP contribution in [-0.4, -0.2) is 49.6 Å². The molecule has 1 aromatic carbocycles. The zero-order valence-corrected chi connectivity index (χ0v) is 17.4. The summed E-state index contributed by atoms with van der Waals surface area (Å²) in [5, 5.41) is 9.99. The molecule has 0 radical (unpaired) electrons. The van der Waals surface area contributed by atoms with E-state index >= 15 is 0 Å². The number of hydrogen-bond acceptors (Lipinski definition) is 4. The van der Waals surface area contributed by atoms with Crippen molar-refractivity contribution in [2.75, 3.05) is 33.7 Å². The minimum atomic E-state index is 0.257. The van der Waals surface area contributed by atoms with E-state index in [1.807, 2.05) is 6.92 Å². The van der Waals surface area contributed by atoms with Gasteiger partial charge in [-0.3, -0.25) is 4.99 Å². The van der Waals surface area contributed by atoms with Gasteiger partial charge in [-0.2, -0.15) is 0 Å². The van der Waals surface area contributed by atoms with E-state index in [0.29, 0.717) is 6.54 Å². The standard InChI is InChI=1S/C20H31N5S/c1-6-21-20(22-12-11-18-14-26-16(3)24-18)23-13-19(25(4)5)17-9-7-15(2)8-10-17/h7-10,14,19H,6,11-13H2,1-5H3,(H2,21,22,23). The first-order valence-corrected chi connectivity index (χ1v) is 10.0. The maximum atomic E-state index is 4.81. The molecule has 0 aliphatic rings. The highest BCUT2D eigenvalue weighted by Gasteiger charge is 2.13. The molecule has 6 heteroatoms. The molecule has 1 atom stereocenters. The van der Waals surface area contributed by atoms with Crippen LogP contribution in [0.2, 0.25) is 0 Å². The van der Waals surface area contributed by atoms with E-state index in [1.54, 1.807) is 11.3 Å². The molecule has 0 aliphatic carbocycles. The summed E-state index contributed by atoms with van der Waals surface area (Å²) in [6.45, 7) is 8.62. The molecule has 0 bridgehead atoms. The lowest BCUT2D eigenvalue weighted by Gasteiger charge is -2.24. The Morgan fingerprint density at radius 3 is 2.50 bits per heavy atom. The topological polar surface area (TPSA) is 52.6 Å². The second kappa shape index (κ2) is 10.3. The van der Waals surface area contributed by atoms with Gasteiger partial charge in [0.1, 0.15) is 0 Å². The average molecular weight is 374 g/mol. The number of rotatable bonds is 8. The van der Waals surface area contributed by atoms with Crippen molar-refractivity contribution in [2.24, 2.45) is 4.99 Å². The van der Waals surface area contributed by atoms with Gasteiger partial charge < -0.3 is 15.5 Å². The third kappa shape index (κ3) is 6.42. The number of nitrogens with zero attached hydrogens (tertiary/aromatic N) is 3. The monoisotopic (exact) mass is 373 g/mol.